The summed E-state index contributed by atoms with van der Waals surface area (Å²) in [6, 6.07) is 4.15. The summed E-state index contributed by atoms with van der Waals surface area (Å²) in [4.78, 5) is 3.75. The van der Waals surface area contributed by atoms with Gasteiger partial charge in [0.2, 0.25) is 5.79 Å². The SMILES string of the molecule is FC(OCCOC(F)(F)F)C(F)(F)C1COC(Cn2cncn2)(c2ccc(Cl)cc2Cl)O1. The molecule has 1 aromatic heterocycles. The lowest BCUT2D eigenvalue weighted by Crippen LogP contribution is -2.46. The molecule has 3 rings (SSSR count). The summed E-state index contributed by atoms with van der Waals surface area (Å²) in [5.41, 5.74) is 0.118. The molecule has 2 heterocycles. The molecule has 178 valence electrons. The minimum atomic E-state index is -5.00. The Balaban J connectivity index is 1.76. The molecule has 0 radical (unpaired) electrons. The van der Waals surface area contributed by atoms with Gasteiger partial charge >= 0.3 is 12.3 Å². The Kier molecular flexibility index (Phi) is 7.57. The van der Waals surface area contributed by atoms with Gasteiger partial charge in [0.1, 0.15) is 19.2 Å². The second kappa shape index (κ2) is 9.69. The summed E-state index contributed by atoms with van der Waals surface area (Å²) in [6.45, 7) is -3.31. The second-order valence-electron chi connectivity index (χ2n) is 6.54. The molecule has 1 aliphatic rings. The molecular formula is C17H15Cl2F6N3O4. The number of aromatic nitrogens is 3. The lowest BCUT2D eigenvalue weighted by molar-refractivity contribution is -0.331. The molecule has 1 fully saturated rings. The quantitative estimate of drug-likeness (QED) is 0.370. The van der Waals surface area contributed by atoms with Crippen LogP contribution in [-0.2, 0) is 31.3 Å². The highest BCUT2D eigenvalue weighted by Gasteiger charge is 2.58. The van der Waals surface area contributed by atoms with E-state index in [9.17, 15) is 26.3 Å². The van der Waals surface area contributed by atoms with Crippen molar-refractivity contribution >= 4 is 23.2 Å². The fourth-order valence-corrected chi connectivity index (χ4v) is 3.45. The van der Waals surface area contributed by atoms with E-state index in [0.717, 1.165) is 0 Å². The van der Waals surface area contributed by atoms with Crippen molar-refractivity contribution in [1.82, 2.24) is 14.8 Å². The third kappa shape index (κ3) is 5.83. The fraction of sp³-hybridized carbons (Fsp3) is 0.529. The van der Waals surface area contributed by atoms with Crippen molar-refractivity contribution in [3.8, 4) is 0 Å². The van der Waals surface area contributed by atoms with Crippen molar-refractivity contribution in [2.24, 2.45) is 0 Å². The first-order chi connectivity index (χ1) is 14.9. The van der Waals surface area contributed by atoms with Gasteiger partial charge in [-0.3, -0.25) is 4.74 Å². The van der Waals surface area contributed by atoms with Gasteiger partial charge in [0, 0.05) is 10.6 Å². The average molecular weight is 510 g/mol. The Labute approximate surface area is 187 Å². The van der Waals surface area contributed by atoms with E-state index in [1.165, 1.54) is 35.5 Å². The van der Waals surface area contributed by atoms with Gasteiger partial charge < -0.3 is 14.2 Å². The van der Waals surface area contributed by atoms with Gasteiger partial charge in [0.25, 0.3) is 6.36 Å². The first-order valence-electron chi connectivity index (χ1n) is 8.87. The van der Waals surface area contributed by atoms with Crippen LogP contribution in [0.3, 0.4) is 0 Å². The van der Waals surface area contributed by atoms with E-state index in [4.69, 9.17) is 32.7 Å². The topological polar surface area (TPSA) is 67.6 Å². The Bertz CT molecular complexity index is 905. The van der Waals surface area contributed by atoms with E-state index in [2.05, 4.69) is 19.6 Å². The number of alkyl halides is 6. The minimum absolute atomic E-state index is 0.0268. The van der Waals surface area contributed by atoms with Crippen LogP contribution in [0.1, 0.15) is 5.56 Å². The van der Waals surface area contributed by atoms with Gasteiger partial charge in [-0.25, -0.2) is 14.1 Å². The van der Waals surface area contributed by atoms with E-state index in [-0.39, 0.29) is 22.2 Å². The van der Waals surface area contributed by atoms with Crippen LogP contribution in [0.4, 0.5) is 26.3 Å². The Morgan fingerprint density at radius 2 is 1.97 bits per heavy atom. The molecule has 2 aromatic rings. The number of ether oxygens (including phenoxy) is 4. The van der Waals surface area contributed by atoms with E-state index < -0.39 is 50.4 Å². The maximum absolute atomic E-state index is 14.6. The number of hydrogen-bond acceptors (Lipinski definition) is 6. The Morgan fingerprint density at radius 3 is 2.59 bits per heavy atom. The third-order valence-electron chi connectivity index (χ3n) is 4.32. The van der Waals surface area contributed by atoms with Crippen molar-refractivity contribution in [3.05, 3.63) is 46.5 Å². The van der Waals surface area contributed by atoms with Gasteiger partial charge in [-0.15, -0.1) is 13.2 Å². The second-order valence-corrected chi connectivity index (χ2v) is 7.39. The molecule has 32 heavy (non-hydrogen) atoms. The number of hydrogen-bond donors (Lipinski definition) is 0. The average Bonchev–Trinajstić information content (AvgIpc) is 3.35. The summed E-state index contributed by atoms with van der Waals surface area (Å²) in [7, 11) is 0. The maximum Gasteiger partial charge on any atom is 0.522 e. The summed E-state index contributed by atoms with van der Waals surface area (Å²) in [5.74, 6) is -6.20. The highest BCUT2D eigenvalue weighted by atomic mass is 35.5. The largest absolute Gasteiger partial charge is 0.522 e. The number of benzene rings is 1. The van der Waals surface area contributed by atoms with Crippen molar-refractivity contribution in [1.29, 1.82) is 0 Å². The molecule has 3 atom stereocenters. The van der Waals surface area contributed by atoms with Gasteiger partial charge in [-0.05, 0) is 12.1 Å². The zero-order valence-corrected chi connectivity index (χ0v) is 17.4. The molecule has 0 bridgehead atoms. The van der Waals surface area contributed by atoms with Crippen molar-refractivity contribution < 1.29 is 45.3 Å². The highest BCUT2D eigenvalue weighted by Crippen LogP contribution is 2.44. The number of nitrogens with zero attached hydrogens (tertiary/aromatic N) is 3. The predicted octanol–water partition coefficient (Wildman–Crippen LogP) is 4.34. The predicted molar refractivity (Wildman–Crippen MR) is 96.8 cm³/mol. The first kappa shape index (κ1) is 25.0. The molecule has 1 aromatic carbocycles. The minimum Gasteiger partial charge on any atom is -0.341 e. The third-order valence-corrected chi connectivity index (χ3v) is 4.87. The van der Waals surface area contributed by atoms with E-state index in [1.54, 1.807) is 0 Å². The molecule has 0 N–H and O–H groups in total. The van der Waals surface area contributed by atoms with Crippen LogP contribution >= 0.6 is 23.2 Å². The van der Waals surface area contributed by atoms with E-state index in [0.29, 0.717) is 0 Å². The molecule has 1 saturated heterocycles. The molecule has 3 unspecified atom stereocenters. The summed E-state index contributed by atoms with van der Waals surface area (Å²) in [5, 5.41) is 4.16. The first-order valence-corrected chi connectivity index (χ1v) is 9.62. The van der Waals surface area contributed by atoms with Gasteiger partial charge in [0.15, 0.2) is 6.10 Å². The fourth-order valence-electron chi connectivity index (χ4n) is 2.90. The standard InChI is InChI=1S/C17H15Cl2F6N3O4/c18-10-1-2-11(12(19)5-10)15(7-28-9-26-8-27-28)31-6-13(32-15)16(21,22)14(20)29-3-4-30-17(23,24)25/h1-2,5,8-9,13-14H,3-4,6-7H2. The van der Waals surface area contributed by atoms with Gasteiger partial charge in [0.05, 0.1) is 24.8 Å². The monoisotopic (exact) mass is 509 g/mol. The van der Waals surface area contributed by atoms with Gasteiger partial charge in [-0.1, -0.05) is 29.3 Å². The van der Waals surface area contributed by atoms with Crippen LogP contribution in [0.15, 0.2) is 30.9 Å². The molecule has 0 saturated carbocycles. The van der Waals surface area contributed by atoms with E-state index in [1.807, 2.05) is 0 Å². The molecule has 0 amide bonds. The number of rotatable bonds is 9. The van der Waals surface area contributed by atoms with E-state index >= 15 is 0 Å². The van der Waals surface area contributed by atoms with Crippen molar-refractivity contribution in [2.75, 3.05) is 19.8 Å². The molecule has 1 aliphatic heterocycles. The van der Waals surface area contributed by atoms with Crippen LogP contribution in [0.2, 0.25) is 10.0 Å². The van der Waals surface area contributed by atoms with Crippen LogP contribution in [0.5, 0.6) is 0 Å². The lowest BCUT2D eigenvalue weighted by Gasteiger charge is -2.31. The van der Waals surface area contributed by atoms with Crippen molar-refractivity contribution in [2.45, 2.75) is 37.1 Å². The lowest BCUT2D eigenvalue weighted by atomic mass is 10.1. The number of halogens is 8. The summed E-state index contributed by atoms with van der Waals surface area (Å²) >= 11 is 12.1. The van der Waals surface area contributed by atoms with Gasteiger partial charge in [-0.2, -0.15) is 13.9 Å². The zero-order valence-electron chi connectivity index (χ0n) is 15.9. The van der Waals surface area contributed by atoms with Crippen LogP contribution in [0, 0.1) is 0 Å². The van der Waals surface area contributed by atoms with Crippen LogP contribution in [-0.4, -0.2) is 59.3 Å². The Hall–Kier alpha value is -1.64. The van der Waals surface area contributed by atoms with Crippen LogP contribution in [0.25, 0.3) is 0 Å². The molecule has 0 aliphatic carbocycles. The Morgan fingerprint density at radius 1 is 1.22 bits per heavy atom. The van der Waals surface area contributed by atoms with Crippen LogP contribution < -0.4 is 0 Å². The summed E-state index contributed by atoms with van der Waals surface area (Å²) < 4.78 is 98.9. The normalized spacial score (nSPS) is 22.9. The molecule has 15 heteroatoms. The molecular weight excluding hydrogens is 495 g/mol. The smallest absolute Gasteiger partial charge is 0.341 e. The zero-order chi connectivity index (χ0) is 23.6. The van der Waals surface area contributed by atoms with Crippen molar-refractivity contribution in [3.63, 3.8) is 0 Å². The highest BCUT2D eigenvalue weighted by molar-refractivity contribution is 6.35. The molecule has 7 nitrogen and oxygen atoms in total. The summed E-state index contributed by atoms with van der Waals surface area (Å²) in [6.07, 6.45) is -8.01. The molecule has 0 spiro atoms. The maximum atomic E-state index is 14.6.